The van der Waals surface area contributed by atoms with Crippen molar-refractivity contribution in [3.63, 3.8) is 0 Å². The highest BCUT2D eigenvalue weighted by atomic mass is 35.5. The fourth-order valence-corrected chi connectivity index (χ4v) is 2.77. The Kier molecular flexibility index (Phi) is 4.08. The number of nitriles is 1. The molecule has 1 aliphatic rings. The number of nitrogens with zero attached hydrogens (tertiary/aromatic N) is 2. The molecule has 0 spiro atoms. The zero-order chi connectivity index (χ0) is 14.7. The molecule has 1 aromatic heterocycles. The maximum atomic E-state index is 9.31. The number of aryl methyl sites for hydroxylation is 2. The second kappa shape index (κ2) is 6.15. The highest BCUT2D eigenvalue weighted by Gasteiger charge is 2.14. The molecule has 0 saturated heterocycles. The highest BCUT2D eigenvalue weighted by Crippen LogP contribution is 2.24. The number of halogens is 1. The Morgan fingerprint density at radius 2 is 1.95 bits per heavy atom. The van der Waals surface area contributed by atoms with Crippen LogP contribution in [0.5, 0.6) is 0 Å². The molecule has 2 aromatic rings. The molecular formula is C17H16ClN3. The summed E-state index contributed by atoms with van der Waals surface area (Å²) < 4.78 is 0. The van der Waals surface area contributed by atoms with Crippen molar-refractivity contribution in [3.05, 3.63) is 57.7 Å². The highest BCUT2D eigenvalue weighted by molar-refractivity contribution is 6.30. The minimum Gasteiger partial charge on any atom is -0.365 e. The van der Waals surface area contributed by atoms with Gasteiger partial charge in [-0.25, -0.2) is 4.98 Å². The summed E-state index contributed by atoms with van der Waals surface area (Å²) in [7, 11) is 0. The van der Waals surface area contributed by atoms with Gasteiger partial charge in [-0.15, -0.1) is 0 Å². The number of pyridine rings is 1. The lowest BCUT2D eigenvalue weighted by atomic mass is 9.95. The van der Waals surface area contributed by atoms with Crippen LogP contribution in [0.4, 0.5) is 5.82 Å². The molecule has 0 atom stereocenters. The first kappa shape index (κ1) is 13.9. The van der Waals surface area contributed by atoms with Gasteiger partial charge in [-0.2, -0.15) is 5.26 Å². The first-order valence-corrected chi connectivity index (χ1v) is 7.55. The third kappa shape index (κ3) is 3.17. The Hall–Kier alpha value is -2.05. The maximum absolute atomic E-state index is 9.31. The van der Waals surface area contributed by atoms with Gasteiger partial charge in [0.2, 0.25) is 0 Å². The number of nitrogens with one attached hydrogen (secondary N) is 1. The number of hydrogen-bond acceptors (Lipinski definition) is 3. The van der Waals surface area contributed by atoms with Crippen molar-refractivity contribution < 1.29 is 0 Å². The topological polar surface area (TPSA) is 48.7 Å². The van der Waals surface area contributed by atoms with Crippen LogP contribution in [-0.2, 0) is 19.4 Å². The molecule has 3 nitrogen and oxygen atoms in total. The minimum absolute atomic E-state index is 0.629. The summed E-state index contributed by atoms with van der Waals surface area (Å²) in [5.74, 6) is 0.688. The zero-order valence-corrected chi connectivity index (χ0v) is 12.5. The monoisotopic (exact) mass is 297 g/mol. The van der Waals surface area contributed by atoms with Crippen LogP contribution in [0.15, 0.2) is 30.3 Å². The zero-order valence-electron chi connectivity index (χ0n) is 11.7. The van der Waals surface area contributed by atoms with Crippen molar-refractivity contribution in [2.24, 2.45) is 0 Å². The summed E-state index contributed by atoms with van der Waals surface area (Å²) in [5.41, 5.74) is 4.11. The molecule has 0 amide bonds. The van der Waals surface area contributed by atoms with E-state index in [2.05, 4.69) is 16.4 Å². The Morgan fingerprint density at radius 3 is 2.71 bits per heavy atom. The molecule has 0 unspecified atom stereocenters. The van der Waals surface area contributed by atoms with E-state index in [1.807, 2.05) is 30.3 Å². The molecule has 1 aliphatic carbocycles. The van der Waals surface area contributed by atoms with Gasteiger partial charge in [0.1, 0.15) is 11.9 Å². The van der Waals surface area contributed by atoms with Gasteiger partial charge < -0.3 is 5.32 Å². The average molecular weight is 298 g/mol. The number of anilines is 1. The third-order valence-electron chi connectivity index (χ3n) is 3.79. The van der Waals surface area contributed by atoms with Crippen LogP contribution < -0.4 is 5.32 Å². The van der Waals surface area contributed by atoms with E-state index in [-0.39, 0.29) is 0 Å². The van der Waals surface area contributed by atoms with Crippen LogP contribution in [0, 0.1) is 11.3 Å². The summed E-state index contributed by atoms with van der Waals surface area (Å²) in [6, 6.07) is 11.9. The minimum atomic E-state index is 0.629. The summed E-state index contributed by atoms with van der Waals surface area (Å²) >= 11 is 5.88. The molecule has 21 heavy (non-hydrogen) atoms. The summed E-state index contributed by atoms with van der Waals surface area (Å²) in [4.78, 5) is 4.66. The summed E-state index contributed by atoms with van der Waals surface area (Å²) in [5, 5.41) is 13.3. The standard InChI is InChI=1S/C17H16ClN3/c18-15-7-5-12(6-8-15)11-20-17-14(10-19)9-13-3-1-2-4-16(13)21-17/h5-9H,1-4,11H2,(H,20,21). The van der Waals surface area contributed by atoms with Crippen molar-refractivity contribution in [1.29, 1.82) is 5.26 Å². The SMILES string of the molecule is N#Cc1cc2c(nc1NCc1ccc(Cl)cc1)CCCC2. The first-order valence-electron chi connectivity index (χ1n) is 7.17. The molecule has 1 N–H and O–H groups in total. The molecule has 0 aliphatic heterocycles. The number of hydrogen-bond donors (Lipinski definition) is 1. The molecule has 1 aromatic carbocycles. The Morgan fingerprint density at radius 1 is 1.19 bits per heavy atom. The number of rotatable bonds is 3. The van der Waals surface area contributed by atoms with Gasteiger partial charge in [0.25, 0.3) is 0 Å². The van der Waals surface area contributed by atoms with Gasteiger partial charge in [0.05, 0.1) is 5.56 Å². The fourth-order valence-electron chi connectivity index (χ4n) is 2.64. The average Bonchev–Trinajstić information content (AvgIpc) is 2.53. The molecule has 4 heteroatoms. The van der Waals surface area contributed by atoms with Crippen molar-refractivity contribution in [1.82, 2.24) is 4.98 Å². The number of benzene rings is 1. The molecule has 0 radical (unpaired) electrons. The largest absolute Gasteiger partial charge is 0.365 e. The second-order valence-electron chi connectivity index (χ2n) is 5.29. The van der Waals surface area contributed by atoms with Gasteiger partial charge in [0, 0.05) is 17.3 Å². The lowest BCUT2D eigenvalue weighted by molar-refractivity contribution is 0.668. The first-order chi connectivity index (χ1) is 10.3. The van der Waals surface area contributed by atoms with Gasteiger partial charge >= 0.3 is 0 Å². The summed E-state index contributed by atoms with van der Waals surface area (Å²) in [6.45, 7) is 0.637. The van der Waals surface area contributed by atoms with Crippen LogP contribution in [0.3, 0.4) is 0 Å². The van der Waals surface area contributed by atoms with Crippen LogP contribution >= 0.6 is 11.6 Å². The molecular weight excluding hydrogens is 282 g/mol. The van der Waals surface area contributed by atoms with Gasteiger partial charge in [0.15, 0.2) is 0 Å². The van der Waals surface area contributed by atoms with Crippen LogP contribution in [-0.4, -0.2) is 4.98 Å². The Balaban J connectivity index is 1.81. The van der Waals surface area contributed by atoms with Crippen molar-refractivity contribution >= 4 is 17.4 Å². The lowest BCUT2D eigenvalue weighted by Gasteiger charge is -2.17. The van der Waals surface area contributed by atoms with E-state index < -0.39 is 0 Å². The van der Waals surface area contributed by atoms with E-state index in [1.165, 1.54) is 18.4 Å². The van der Waals surface area contributed by atoms with E-state index in [1.54, 1.807) is 0 Å². The van der Waals surface area contributed by atoms with Crippen LogP contribution in [0.1, 0.15) is 35.2 Å². The van der Waals surface area contributed by atoms with Crippen molar-refractivity contribution in [2.45, 2.75) is 32.2 Å². The van der Waals surface area contributed by atoms with Crippen molar-refractivity contribution in [2.75, 3.05) is 5.32 Å². The number of aromatic nitrogens is 1. The maximum Gasteiger partial charge on any atom is 0.144 e. The third-order valence-corrected chi connectivity index (χ3v) is 4.05. The molecule has 1 heterocycles. The van der Waals surface area contributed by atoms with Gasteiger partial charge in [-0.3, -0.25) is 0 Å². The molecule has 106 valence electrons. The van der Waals surface area contributed by atoms with Gasteiger partial charge in [-0.05, 0) is 55.0 Å². The quantitative estimate of drug-likeness (QED) is 0.928. The van der Waals surface area contributed by atoms with E-state index in [0.717, 1.165) is 29.1 Å². The second-order valence-corrected chi connectivity index (χ2v) is 5.73. The van der Waals surface area contributed by atoms with Crippen molar-refractivity contribution in [3.8, 4) is 6.07 Å². The predicted molar refractivity (Wildman–Crippen MR) is 84.4 cm³/mol. The summed E-state index contributed by atoms with van der Waals surface area (Å²) in [6.07, 6.45) is 4.42. The lowest BCUT2D eigenvalue weighted by Crippen LogP contribution is -2.10. The van der Waals surface area contributed by atoms with E-state index in [9.17, 15) is 5.26 Å². The van der Waals surface area contributed by atoms with Crippen LogP contribution in [0.2, 0.25) is 5.02 Å². The van der Waals surface area contributed by atoms with E-state index >= 15 is 0 Å². The van der Waals surface area contributed by atoms with E-state index in [0.29, 0.717) is 17.9 Å². The molecule has 0 fully saturated rings. The predicted octanol–water partition coefficient (Wildman–Crippen LogP) is 4.10. The fraction of sp³-hybridized carbons (Fsp3) is 0.294. The Labute approximate surface area is 129 Å². The Bertz CT molecular complexity index is 686. The van der Waals surface area contributed by atoms with E-state index in [4.69, 9.17) is 11.6 Å². The van der Waals surface area contributed by atoms with Gasteiger partial charge in [-0.1, -0.05) is 23.7 Å². The number of fused-ring (bicyclic) bond motifs is 1. The molecule has 0 bridgehead atoms. The smallest absolute Gasteiger partial charge is 0.144 e. The normalized spacial score (nSPS) is 13.3. The molecule has 0 saturated carbocycles. The molecule has 3 rings (SSSR count). The van der Waals surface area contributed by atoms with Crippen LogP contribution in [0.25, 0.3) is 0 Å².